The van der Waals surface area contributed by atoms with Crippen molar-refractivity contribution < 1.29 is 32.6 Å². The molecular weight excluding hydrogens is 441 g/mol. The monoisotopic (exact) mass is 464 g/mol. The van der Waals surface area contributed by atoms with Crippen LogP contribution in [0.2, 0.25) is 0 Å². The van der Waals surface area contributed by atoms with Crippen LogP contribution in [-0.2, 0) is 22.3 Å². The number of halogens is 3. The number of nitrogens with zero attached hydrogens (tertiary/aromatic N) is 1. The second-order valence-electron chi connectivity index (χ2n) is 7.28. The zero-order chi connectivity index (χ0) is 23.8. The lowest BCUT2D eigenvalue weighted by Gasteiger charge is -2.31. The third-order valence-corrected chi connectivity index (χ3v) is 4.81. The van der Waals surface area contributed by atoms with Crippen LogP contribution in [0.3, 0.4) is 0 Å². The Balaban J connectivity index is 1.49. The maximum atomic E-state index is 12.6. The van der Waals surface area contributed by atoms with Gasteiger partial charge in [-0.2, -0.15) is 13.2 Å². The molecule has 0 saturated heterocycles. The van der Waals surface area contributed by atoms with Crippen LogP contribution in [0.25, 0.3) is 0 Å². The minimum absolute atomic E-state index is 0.0182. The third kappa shape index (κ3) is 7.29. The first-order valence-corrected chi connectivity index (χ1v) is 10.1. The minimum atomic E-state index is -4.47. The lowest BCUT2D eigenvalue weighted by atomic mass is 10.0. The summed E-state index contributed by atoms with van der Waals surface area (Å²) in [5.74, 6) is -0.265. The van der Waals surface area contributed by atoms with E-state index in [0.717, 1.165) is 24.3 Å². The second kappa shape index (κ2) is 10.9. The normalized spacial score (nSPS) is 20.2. The van der Waals surface area contributed by atoms with Gasteiger partial charge in [0, 0.05) is 11.9 Å². The van der Waals surface area contributed by atoms with E-state index < -0.39 is 42.6 Å². The average molecular weight is 464 g/mol. The number of aromatic nitrogens is 1. The van der Waals surface area contributed by atoms with E-state index in [1.807, 2.05) is 6.07 Å². The number of nitrogens with one attached hydrogen (secondary N) is 3. The van der Waals surface area contributed by atoms with Gasteiger partial charge in [0.2, 0.25) is 5.91 Å². The number of hydrogen-bond acceptors (Lipinski definition) is 5. The Labute approximate surface area is 187 Å². The number of aliphatic hydroxyl groups is 1. The predicted molar refractivity (Wildman–Crippen MR) is 113 cm³/mol. The van der Waals surface area contributed by atoms with Crippen LogP contribution in [0.5, 0.6) is 0 Å². The largest absolute Gasteiger partial charge is 0.416 e. The Morgan fingerprint density at radius 2 is 1.85 bits per heavy atom. The smallest absolute Gasteiger partial charge is 0.394 e. The third-order valence-electron chi connectivity index (χ3n) is 4.81. The molecule has 0 aliphatic carbocycles. The van der Waals surface area contributed by atoms with Crippen molar-refractivity contribution in [3.05, 3.63) is 72.1 Å². The molecule has 2 heterocycles. The molecule has 0 spiro atoms. The molecule has 1 aromatic heterocycles. The summed E-state index contributed by atoms with van der Waals surface area (Å²) in [6.45, 7) is -0.143. The van der Waals surface area contributed by atoms with Crippen LogP contribution in [0.15, 0.2) is 60.8 Å². The first kappa shape index (κ1) is 24.2. The first-order valence-electron chi connectivity index (χ1n) is 10.1. The summed E-state index contributed by atoms with van der Waals surface area (Å²) in [5.41, 5.74) is 0.0549. The molecule has 4 N–H and O–H groups in total. The number of aliphatic hydroxyl groups excluding tert-OH is 1. The van der Waals surface area contributed by atoms with Gasteiger partial charge in [0.1, 0.15) is 6.10 Å². The fourth-order valence-electron chi connectivity index (χ4n) is 3.14. The average Bonchev–Trinajstić information content (AvgIpc) is 2.79. The van der Waals surface area contributed by atoms with Crippen molar-refractivity contribution >= 4 is 17.6 Å². The predicted octanol–water partition coefficient (Wildman–Crippen LogP) is 2.61. The quantitative estimate of drug-likeness (QED) is 0.471. The van der Waals surface area contributed by atoms with Gasteiger partial charge in [0.25, 0.3) is 0 Å². The van der Waals surface area contributed by atoms with Crippen molar-refractivity contribution in [2.75, 3.05) is 11.9 Å². The molecular formula is C22H23F3N4O4. The molecule has 11 heteroatoms. The second-order valence-corrected chi connectivity index (χ2v) is 7.28. The van der Waals surface area contributed by atoms with E-state index in [4.69, 9.17) is 4.74 Å². The molecule has 1 aliphatic rings. The lowest BCUT2D eigenvalue weighted by molar-refractivity contribution is -0.137. The number of ether oxygens (including phenoxy) is 1. The van der Waals surface area contributed by atoms with Crippen molar-refractivity contribution in [1.29, 1.82) is 0 Å². The molecule has 3 amide bonds. The molecule has 0 saturated carbocycles. The SMILES string of the molecule is O=C(C[C@H]1C=C[C@@H](NC(=O)Nc2ccc(C(F)(F)F)cc2)[C@@H](CO)O1)NCc1ccccn1. The summed E-state index contributed by atoms with van der Waals surface area (Å²) in [4.78, 5) is 28.5. The number of benzene rings is 1. The summed E-state index contributed by atoms with van der Waals surface area (Å²) in [5, 5.41) is 17.4. The van der Waals surface area contributed by atoms with Gasteiger partial charge in [-0.25, -0.2) is 4.79 Å². The number of urea groups is 1. The van der Waals surface area contributed by atoms with E-state index in [1.165, 1.54) is 0 Å². The minimum Gasteiger partial charge on any atom is -0.394 e. The fourth-order valence-corrected chi connectivity index (χ4v) is 3.14. The van der Waals surface area contributed by atoms with E-state index in [2.05, 4.69) is 20.9 Å². The molecule has 3 rings (SSSR count). The topological polar surface area (TPSA) is 113 Å². The summed E-state index contributed by atoms with van der Waals surface area (Å²) < 4.78 is 43.6. The zero-order valence-corrected chi connectivity index (χ0v) is 17.4. The summed E-state index contributed by atoms with van der Waals surface area (Å²) in [6, 6.07) is 7.99. The lowest BCUT2D eigenvalue weighted by Crippen LogP contribution is -2.50. The molecule has 1 aliphatic heterocycles. The van der Waals surface area contributed by atoms with Crippen molar-refractivity contribution in [2.24, 2.45) is 0 Å². The maximum absolute atomic E-state index is 12.6. The molecule has 8 nitrogen and oxygen atoms in total. The number of alkyl halides is 3. The van der Waals surface area contributed by atoms with Crippen LogP contribution in [-0.4, -0.2) is 46.9 Å². The number of hydrogen-bond donors (Lipinski definition) is 4. The number of pyridine rings is 1. The number of anilines is 1. The fraction of sp³-hybridized carbons (Fsp3) is 0.318. The Bertz CT molecular complexity index is 968. The molecule has 0 bridgehead atoms. The van der Waals surface area contributed by atoms with Crippen LogP contribution >= 0.6 is 0 Å². The van der Waals surface area contributed by atoms with E-state index in [0.29, 0.717) is 5.69 Å². The molecule has 3 atom stereocenters. The Morgan fingerprint density at radius 3 is 2.48 bits per heavy atom. The number of rotatable bonds is 7. The Morgan fingerprint density at radius 1 is 1.09 bits per heavy atom. The van der Waals surface area contributed by atoms with Crippen LogP contribution in [0.1, 0.15) is 17.7 Å². The van der Waals surface area contributed by atoms with Gasteiger partial charge >= 0.3 is 12.2 Å². The molecule has 1 aromatic carbocycles. The summed E-state index contributed by atoms with van der Waals surface area (Å²) >= 11 is 0. The number of amides is 3. The van der Waals surface area contributed by atoms with Gasteiger partial charge in [-0.15, -0.1) is 0 Å². The highest BCUT2D eigenvalue weighted by atomic mass is 19.4. The standard InChI is InChI=1S/C22H23F3N4O4/c23-22(24,25)14-4-6-15(7-5-14)28-21(32)29-18-9-8-17(33-19(18)13-30)11-20(31)27-12-16-3-1-2-10-26-16/h1-10,17-19,30H,11-13H2,(H,27,31)(H2,28,29,32)/t17-,18-,19-/m1/s1. The van der Waals surface area contributed by atoms with Gasteiger partial charge in [0.05, 0.1) is 43.0 Å². The van der Waals surface area contributed by atoms with Crippen LogP contribution < -0.4 is 16.0 Å². The summed E-state index contributed by atoms with van der Waals surface area (Å²) in [7, 11) is 0. The molecule has 2 aromatic rings. The Kier molecular flexibility index (Phi) is 8.01. The number of carbonyl (C=O) groups is 2. The highest BCUT2D eigenvalue weighted by molar-refractivity contribution is 5.89. The van der Waals surface area contributed by atoms with E-state index in [1.54, 1.807) is 30.5 Å². The van der Waals surface area contributed by atoms with Gasteiger partial charge in [0.15, 0.2) is 0 Å². The molecule has 0 unspecified atom stereocenters. The highest BCUT2D eigenvalue weighted by Crippen LogP contribution is 2.29. The maximum Gasteiger partial charge on any atom is 0.416 e. The van der Waals surface area contributed by atoms with Crippen LogP contribution in [0.4, 0.5) is 23.7 Å². The Hall–Kier alpha value is -3.44. The van der Waals surface area contributed by atoms with Gasteiger partial charge < -0.3 is 25.8 Å². The van der Waals surface area contributed by atoms with Crippen molar-refractivity contribution in [2.45, 2.75) is 37.4 Å². The molecule has 33 heavy (non-hydrogen) atoms. The van der Waals surface area contributed by atoms with Crippen LogP contribution in [0, 0.1) is 0 Å². The first-order chi connectivity index (χ1) is 15.7. The van der Waals surface area contributed by atoms with E-state index >= 15 is 0 Å². The van der Waals surface area contributed by atoms with Crippen molar-refractivity contribution in [3.63, 3.8) is 0 Å². The molecule has 176 valence electrons. The highest BCUT2D eigenvalue weighted by Gasteiger charge is 2.31. The van der Waals surface area contributed by atoms with E-state index in [-0.39, 0.29) is 24.6 Å². The summed E-state index contributed by atoms with van der Waals surface area (Å²) in [6.07, 6.45) is -1.01. The van der Waals surface area contributed by atoms with Gasteiger partial charge in [-0.1, -0.05) is 18.2 Å². The van der Waals surface area contributed by atoms with E-state index in [9.17, 15) is 27.9 Å². The zero-order valence-electron chi connectivity index (χ0n) is 17.4. The number of carbonyl (C=O) groups excluding carboxylic acids is 2. The van der Waals surface area contributed by atoms with Crippen molar-refractivity contribution in [3.8, 4) is 0 Å². The molecule has 0 radical (unpaired) electrons. The van der Waals surface area contributed by atoms with Gasteiger partial charge in [-0.3, -0.25) is 9.78 Å². The van der Waals surface area contributed by atoms with Crippen molar-refractivity contribution in [1.82, 2.24) is 15.6 Å². The molecule has 0 fully saturated rings. The van der Waals surface area contributed by atoms with Gasteiger partial charge in [-0.05, 0) is 36.4 Å².